The van der Waals surface area contributed by atoms with Gasteiger partial charge in [0.2, 0.25) is 0 Å². The van der Waals surface area contributed by atoms with Gasteiger partial charge in [-0.05, 0) is 59.0 Å². The second kappa shape index (κ2) is 14.5. The van der Waals surface area contributed by atoms with E-state index < -0.39 is 18.6 Å². The number of aliphatic hydroxyl groups excluding tert-OH is 1. The third-order valence-corrected chi connectivity index (χ3v) is 7.51. The molecule has 0 saturated carbocycles. The zero-order chi connectivity index (χ0) is 31.8. The summed E-state index contributed by atoms with van der Waals surface area (Å²) in [5.74, 6) is 1.59. The van der Waals surface area contributed by atoms with Crippen LogP contribution in [0.1, 0.15) is 27.8 Å². The Bertz CT molecular complexity index is 1710. The Morgan fingerprint density at radius 2 is 1.76 bits per heavy atom. The van der Waals surface area contributed by atoms with Crippen LogP contribution >= 0.6 is 0 Å². The van der Waals surface area contributed by atoms with Gasteiger partial charge in [-0.1, -0.05) is 36.4 Å². The highest BCUT2D eigenvalue weighted by molar-refractivity contribution is 5.73. The lowest BCUT2D eigenvalue weighted by molar-refractivity contribution is -0.140. The van der Waals surface area contributed by atoms with E-state index in [9.17, 15) is 20.3 Å². The Morgan fingerprint density at radius 1 is 0.978 bits per heavy atom. The standard InChI is InChI=1S/C35H34N2O8/c1-22-26(7-4-8-28(22)25-9-10-31-34(14-25)43-12-11-42-31)21-44-27-15-32(41-2)29(18-37-30(19-38)35(39)40)33(16-27)45-20-24-6-3-5-23(13-24)17-36/h3-10,13-16,30,37-38H,11-12,18-21H2,1-2H3,(H,39,40)/t30-/m1/s1. The lowest BCUT2D eigenvalue weighted by Gasteiger charge is -2.20. The average molecular weight is 611 g/mol. The molecule has 4 aromatic carbocycles. The minimum absolute atomic E-state index is 0.0469. The van der Waals surface area contributed by atoms with E-state index in [4.69, 9.17) is 23.7 Å². The number of benzene rings is 4. The van der Waals surface area contributed by atoms with Crippen LogP contribution in [0.25, 0.3) is 11.1 Å². The summed E-state index contributed by atoms with van der Waals surface area (Å²) < 4.78 is 29.6. The molecule has 0 spiro atoms. The quantitative estimate of drug-likeness (QED) is 0.189. The van der Waals surface area contributed by atoms with Gasteiger partial charge in [-0.3, -0.25) is 10.1 Å². The number of aliphatic carboxylic acids is 1. The molecule has 45 heavy (non-hydrogen) atoms. The highest BCUT2D eigenvalue weighted by atomic mass is 16.6. The van der Waals surface area contributed by atoms with Gasteiger partial charge in [-0.2, -0.15) is 5.26 Å². The van der Waals surface area contributed by atoms with E-state index in [1.165, 1.54) is 7.11 Å². The summed E-state index contributed by atoms with van der Waals surface area (Å²) in [5.41, 5.74) is 5.94. The summed E-state index contributed by atoms with van der Waals surface area (Å²) >= 11 is 0. The van der Waals surface area contributed by atoms with E-state index in [-0.39, 0.29) is 19.8 Å². The van der Waals surface area contributed by atoms with Crippen molar-refractivity contribution < 1.29 is 38.7 Å². The molecule has 1 heterocycles. The normalized spacial score (nSPS) is 12.6. The maximum Gasteiger partial charge on any atom is 0.323 e. The molecule has 4 aromatic rings. The molecule has 1 aliphatic rings. The number of fused-ring (bicyclic) bond motifs is 1. The summed E-state index contributed by atoms with van der Waals surface area (Å²) in [7, 11) is 1.50. The molecule has 0 radical (unpaired) electrons. The number of nitrogens with zero attached hydrogens (tertiary/aromatic N) is 1. The number of nitriles is 1. The molecular weight excluding hydrogens is 576 g/mol. The lowest BCUT2D eigenvalue weighted by Crippen LogP contribution is -2.39. The van der Waals surface area contributed by atoms with Gasteiger partial charge >= 0.3 is 5.97 Å². The molecule has 0 fully saturated rings. The van der Waals surface area contributed by atoms with Crippen LogP contribution in [0.5, 0.6) is 28.7 Å². The highest BCUT2D eigenvalue weighted by Gasteiger charge is 2.20. The number of carbonyl (C=O) groups is 1. The largest absolute Gasteiger partial charge is 0.496 e. The van der Waals surface area contributed by atoms with Gasteiger partial charge in [-0.15, -0.1) is 0 Å². The van der Waals surface area contributed by atoms with Crippen molar-refractivity contribution in [3.05, 3.63) is 101 Å². The van der Waals surface area contributed by atoms with E-state index in [2.05, 4.69) is 17.5 Å². The molecule has 0 saturated heterocycles. The average Bonchev–Trinajstić information content (AvgIpc) is 3.07. The second-order valence-corrected chi connectivity index (χ2v) is 10.4. The van der Waals surface area contributed by atoms with Crippen molar-refractivity contribution in [2.75, 3.05) is 26.9 Å². The SMILES string of the molecule is COc1cc(OCc2cccc(-c3ccc4c(c3)OCCO4)c2C)cc(OCc2cccc(C#N)c2)c1CN[C@H](CO)C(=O)O. The van der Waals surface area contributed by atoms with Crippen molar-refractivity contribution in [2.24, 2.45) is 0 Å². The topological polar surface area (TPSA) is 140 Å². The van der Waals surface area contributed by atoms with E-state index in [0.717, 1.165) is 39.3 Å². The molecule has 0 unspecified atom stereocenters. The summed E-state index contributed by atoms with van der Waals surface area (Å²) in [6.45, 7) is 2.97. The smallest absolute Gasteiger partial charge is 0.323 e. The zero-order valence-corrected chi connectivity index (χ0v) is 25.0. The van der Waals surface area contributed by atoms with Crippen LogP contribution in [-0.4, -0.2) is 49.2 Å². The fourth-order valence-electron chi connectivity index (χ4n) is 5.04. The number of nitrogens with one attached hydrogen (secondary N) is 1. The molecule has 0 aliphatic carbocycles. The minimum atomic E-state index is -1.18. The van der Waals surface area contributed by atoms with Crippen molar-refractivity contribution in [1.82, 2.24) is 5.32 Å². The first-order chi connectivity index (χ1) is 21.9. The number of hydrogen-bond donors (Lipinski definition) is 3. The number of carboxylic acids is 1. The monoisotopic (exact) mass is 610 g/mol. The lowest BCUT2D eigenvalue weighted by atomic mass is 9.96. The van der Waals surface area contributed by atoms with E-state index >= 15 is 0 Å². The van der Waals surface area contributed by atoms with Crippen molar-refractivity contribution >= 4 is 5.97 Å². The Hall–Kier alpha value is -5.24. The van der Waals surface area contributed by atoms with Crippen LogP contribution in [0.15, 0.2) is 72.8 Å². The van der Waals surface area contributed by atoms with Gasteiger partial charge in [0.05, 0.1) is 30.9 Å². The molecule has 0 amide bonds. The zero-order valence-electron chi connectivity index (χ0n) is 25.0. The molecule has 0 bridgehead atoms. The van der Waals surface area contributed by atoms with E-state index in [0.29, 0.717) is 41.6 Å². The summed E-state index contributed by atoms with van der Waals surface area (Å²) in [6.07, 6.45) is 0. The van der Waals surface area contributed by atoms with Gasteiger partial charge in [-0.25, -0.2) is 0 Å². The van der Waals surface area contributed by atoms with Crippen LogP contribution in [0.4, 0.5) is 0 Å². The first kappa shape index (κ1) is 31.2. The predicted octanol–water partition coefficient (Wildman–Crippen LogP) is 5.01. The van der Waals surface area contributed by atoms with Crippen molar-refractivity contribution in [2.45, 2.75) is 32.7 Å². The third-order valence-electron chi connectivity index (χ3n) is 7.51. The van der Waals surface area contributed by atoms with E-state index in [1.807, 2.05) is 43.3 Å². The summed E-state index contributed by atoms with van der Waals surface area (Å²) in [4.78, 5) is 11.5. The minimum Gasteiger partial charge on any atom is -0.496 e. The first-order valence-corrected chi connectivity index (χ1v) is 14.4. The first-order valence-electron chi connectivity index (χ1n) is 14.4. The van der Waals surface area contributed by atoms with Crippen LogP contribution < -0.4 is 29.0 Å². The van der Waals surface area contributed by atoms with Crippen LogP contribution in [-0.2, 0) is 24.6 Å². The highest BCUT2D eigenvalue weighted by Crippen LogP contribution is 2.38. The molecule has 1 atom stereocenters. The molecule has 10 heteroatoms. The second-order valence-electron chi connectivity index (χ2n) is 10.4. The summed E-state index contributed by atoms with van der Waals surface area (Å²) in [6, 6.07) is 23.4. The van der Waals surface area contributed by atoms with Gasteiger partial charge in [0.1, 0.15) is 49.7 Å². The third kappa shape index (κ3) is 7.47. The Kier molecular flexibility index (Phi) is 10.0. The van der Waals surface area contributed by atoms with Crippen LogP contribution in [0.2, 0.25) is 0 Å². The Morgan fingerprint density at radius 3 is 2.51 bits per heavy atom. The van der Waals surface area contributed by atoms with Gasteiger partial charge in [0.15, 0.2) is 11.5 Å². The fraction of sp³-hybridized carbons (Fsp3) is 0.257. The number of carboxylic acid groups (broad SMARTS) is 1. The fourth-order valence-corrected chi connectivity index (χ4v) is 5.04. The molecule has 0 aromatic heterocycles. The van der Waals surface area contributed by atoms with Gasteiger partial charge in [0, 0.05) is 18.7 Å². The number of hydrogen-bond acceptors (Lipinski definition) is 9. The maximum absolute atomic E-state index is 11.5. The number of aliphatic hydroxyl groups is 1. The number of rotatable bonds is 13. The Balaban J connectivity index is 1.40. The number of ether oxygens (including phenoxy) is 5. The molecule has 3 N–H and O–H groups in total. The molecule has 232 valence electrons. The van der Waals surface area contributed by atoms with Gasteiger partial charge < -0.3 is 33.9 Å². The summed E-state index contributed by atoms with van der Waals surface area (Å²) in [5, 5.41) is 31.0. The molecular formula is C35H34N2O8. The molecule has 10 nitrogen and oxygen atoms in total. The van der Waals surface area contributed by atoms with Crippen molar-refractivity contribution in [3.8, 4) is 45.9 Å². The van der Waals surface area contributed by atoms with Gasteiger partial charge in [0.25, 0.3) is 0 Å². The Labute approximate surface area is 261 Å². The van der Waals surface area contributed by atoms with Crippen molar-refractivity contribution in [1.29, 1.82) is 5.26 Å². The van der Waals surface area contributed by atoms with Crippen LogP contribution in [0.3, 0.4) is 0 Å². The molecule has 5 rings (SSSR count). The van der Waals surface area contributed by atoms with E-state index in [1.54, 1.807) is 30.3 Å². The van der Waals surface area contributed by atoms with Crippen LogP contribution in [0, 0.1) is 18.3 Å². The maximum atomic E-state index is 11.5. The van der Waals surface area contributed by atoms with Crippen molar-refractivity contribution in [3.63, 3.8) is 0 Å². The number of methoxy groups -OCH3 is 1. The molecule has 1 aliphatic heterocycles. The predicted molar refractivity (Wildman–Crippen MR) is 166 cm³/mol.